The maximum atomic E-state index is 12.3. The van der Waals surface area contributed by atoms with Gasteiger partial charge in [-0.1, -0.05) is 30.3 Å². The van der Waals surface area contributed by atoms with Gasteiger partial charge in [-0.05, 0) is 50.3 Å². The molecule has 1 aromatic rings. The van der Waals surface area contributed by atoms with Crippen molar-refractivity contribution in [2.75, 3.05) is 39.3 Å². The lowest BCUT2D eigenvalue weighted by Crippen LogP contribution is -2.38. The maximum absolute atomic E-state index is 12.3. The molecule has 2 saturated heterocycles. The predicted molar refractivity (Wildman–Crippen MR) is 104 cm³/mol. The molecule has 0 saturated carbocycles. The van der Waals surface area contributed by atoms with Crippen molar-refractivity contribution in [1.29, 1.82) is 0 Å². The van der Waals surface area contributed by atoms with Crippen molar-refractivity contribution in [2.24, 2.45) is 5.92 Å². The van der Waals surface area contributed by atoms with E-state index in [1.165, 1.54) is 5.56 Å². The summed E-state index contributed by atoms with van der Waals surface area (Å²) in [5, 5.41) is 12.2. The van der Waals surface area contributed by atoms with Gasteiger partial charge < -0.3 is 15.3 Å². The Hall–Kier alpha value is -1.43. The Balaban J connectivity index is 1.31. The van der Waals surface area contributed by atoms with Crippen LogP contribution < -0.4 is 5.32 Å². The van der Waals surface area contributed by atoms with E-state index < -0.39 is 0 Å². The summed E-state index contributed by atoms with van der Waals surface area (Å²) in [6.45, 7) is 6.14. The number of likely N-dealkylation sites (tertiary alicyclic amines) is 2. The van der Waals surface area contributed by atoms with Crippen molar-refractivity contribution in [3.05, 3.63) is 35.9 Å². The van der Waals surface area contributed by atoms with Crippen molar-refractivity contribution < 1.29 is 9.90 Å². The maximum Gasteiger partial charge on any atom is 0.220 e. The normalized spacial score (nSPS) is 22.6. The van der Waals surface area contributed by atoms with Gasteiger partial charge in [-0.25, -0.2) is 0 Å². The minimum atomic E-state index is 0.217. The molecule has 144 valence electrons. The van der Waals surface area contributed by atoms with Crippen LogP contribution in [0.15, 0.2) is 30.3 Å². The molecule has 0 radical (unpaired) electrons. The summed E-state index contributed by atoms with van der Waals surface area (Å²) < 4.78 is 0. The molecular weight excluding hydrogens is 326 g/mol. The van der Waals surface area contributed by atoms with Crippen LogP contribution in [0, 0.1) is 5.92 Å². The third kappa shape index (κ3) is 6.08. The molecule has 0 aromatic heterocycles. The highest BCUT2D eigenvalue weighted by molar-refractivity contribution is 5.76. The first kappa shape index (κ1) is 19.3. The predicted octanol–water partition coefficient (Wildman–Crippen LogP) is 1.86. The molecule has 0 bridgehead atoms. The summed E-state index contributed by atoms with van der Waals surface area (Å²) in [6.07, 6.45) is 5.01. The minimum absolute atomic E-state index is 0.217. The highest BCUT2D eigenvalue weighted by atomic mass is 16.3. The number of carbonyl (C=O) groups excluding carboxylic acids is 1. The molecule has 1 aromatic carbocycles. The van der Waals surface area contributed by atoms with Crippen LogP contribution in [-0.4, -0.2) is 66.2 Å². The molecule has 2 N–H and O–H groups in total. The van der Waals surface area contributed by atoms with Crippen molar-refractivity contribution >= 4 is 5.91 Å². The Kier molecular flexibility index (Phi) is 7.47. The molecule has 1 amide bonds. The zero-order chi connectivity index (χ0) is 18.2. The highest BCUT2D eigenvalue weighted by Gasteiger charge is 2.24. The summed E-state index contributed by atoms with van der Waals surface area (Å²) in [4.78, 5) is 17.0. The molecular formula is C21H33N3O2. The van der Waals surface area contributed by atoms with E-state index in [0.29, 0.717) is 18.4 Å². The van der Waals surface area contributed by atoms with Crippen LogP contribution in [0.2, 0.25) is 0 Å². The largest absolute Gasteiger partial charge is 0.395 e. The van der Waals surface area contributed by atoms with Crippen LogP contribution in [-0.2, 0) is 11.3 Å². The number of hydrogen-bond acceptors (Lipinski definition) is 4. The Labute approximate surface area is 157 Å². The van der Waals surface area contributed by atoms with Crippen LogP contribution in [0.1, 0.15) is 37.7 Å². The Bertz CT molecular complexity index is 543. The minimum Gasteiger partial charge on any atom is -0.395 e. The van der Waals surface area contributed by atoms with Gasteiger partial charge in [0.2, 0.25) is 5.91 Å². The van der Waals surface area contributed by atoms with E-state index in [1.807, 2.05) is 6.07 Å². The van der Waals surface area contributed by atoms with Crippen LogP contribution in [0.25, 0.3) is 0 Å². The third-order valence-corrected chi connectivity index (χ3v) is 5.79. The lowest BCUT2D eigenvalue weighted by molar-refractivity contribution is -0.122. The lowest BCUT2D eigenvalue weighted by atomic mass is 9.92. The smallest absolute Gasteiger partial charge is 0.220 e. The first-order chi connectivity index (χ1) is 12.7. The zero-order valence-electron chi connectivity index (χ0n) is 15.8. The average Bonchev–Trinajstić information content (AvgIpc) is 3.09. The van der Waals surface area contributed by atoms with Gasteiger partial charge in [0.1, 0.15) is 0 Å². The molecule has 0 spiro atoms. The van der Waals surface area contributed by atoms with Crippen molar-refractivity contribution in [3.63, 3.8) is 0 Å². The number of nitrogens with one attached hydrogen (secondary N) is 1. The van der Waals surface area contributed by atoms with Gasteiger partial charge in [0.05, 0.1) is 6.61 Å². The molecule has 3 rings (SSSR count). The van der Waals surface area contributed by atoms with Crippen LogP contribution >= 0.6 is 0 Å². The molecule has 1 atom stereocenters. The summed E-state index contributed by atoms with van der Waals surface area (Å²) in [6, 6.07) is 10.8. The van der Waals surface area contributed by atoms with E-state index in [0.717, 1.165) is 65.0 Å². The van der Waals surface area contributed by atoms with Gasteiger partial charge in [-0.15, -0.1) is 0 Å². The summed E-state index contributed by atoms with van der Waals surface area (Å²) in [7, 11) is 0. The number of carbonyl (C=O) groups is 1. The lowest BCUT2D eigenvalue weighted by Gasteiger charge is -2.31. The van der Waals surface area contributed by atoms with E-state index in [2.05, 4.69) is 39.4 Å². The molecule has 2 heterocycles. The fraction of sp³-hybridized carbons (Fsp3) is 0.667. The number of benzene rings is 1. The molecule has 26 heavy (non-hydrogen) atoms. The quantitative estimate of drug-likeness (QED) is 0.744. The molecule has 2 aliphatic rings. The van der Waals surface area contributed by atoms with Gasteiger partial charge in [0.15, 0.2) is 0 Å². The molecule has 0 aliphatic carbocycles. The molecule has 2 aliphatic heterocycles. The number of hydrogen-bond donors (Lipinski definition) is 2. The highest BCUT2D eigenvalue weighted by Crippen LogP contribution is 2.22. The Morgan fingerprint density at radius 3 is 2.54 bits per heavy atom. The number of nitrogens with zero attached hydrogens (tertiary/aromatic N) is 2. The van der Waals surface area contributed by atoms with Gasteiger partial charge in [-0.3, -0.25) is 9.69 Å². The van der Waals surface area contributed by atoms with E-state index in [9.17, 15) is 4.79 Å². The van der Waals surface area contributed by atoms with Crippen LogP contribution in [0.4, 0.5) is 0 Å². The van der Waals surface area contributed by atoms with Gasteiger partial charge in [-0.2, -0.15) is 0 Å². The second-order valence-electron chi connectivity index (χ2n) is 7.82. The first-order valence-electron chi connectivity index (χ1n) is 10.1. The molecule has 5 heteroatoms. The van der Waals surface area contributed by atoms with Crippen LogP contribution in [0.5, 0.6) is 0 Å². The van der Waals surface area contributed by atoms with Crippen molar-refractivity contribution in [1.82, 2.24) is 15.1 Å². The van der Waals surface area contributed by atoms with Crippen LogP contribution in [0.3, 0.4) is 0 Å². The molecule has 5 nitrogen and oxygen atoms in total. The monoisotopic (exact) mass is 359 g/mol. The zero-order valence-corrected chi connectivity index (χ0v) is 15.8. The van der Waals surface area contributed by atoms with E-state index >= 15 is 0 Å². The topological polar surface area (TPSA) is 55.8 Å². The number of aliphatic hydroxyl groups excluding tert-OH is 1. The number of aliphatic hydroxyl groups is 1. The fourth-order valence-corrected chi connectivity index (χ4v) is 4.21. The molecule has 2 fully saturated rings. The SMILES string of the molecule is O=C(CCC1CCN(CCO)CC1)NC1CCN(Cc2ccccc2)C1. The van der Waals surface area contributed by atoms with Crippen molar-refractivity contribution in [3.8, 4) is 0 Å². The van der Waals surface area contributed by atoms with E-state index in [1.54, 1.807) is 0 Å². The number of piperidine rings is 1. The third-order valence-electron chi connectivity index (χ3n) is 5.79. The molecule has 1 unspecified atom stereocenters. The van der Waals surface area contributed by atoms with Crippen molar-refractivity contribution in [2.45, 2.75) is 44.7 Å². The van der Waals surface area contributed by atoms with E-state index in [-0.39, 0.29) is 12.5 Å². The standard InChI is InChI=1S/C21H33N3O2/c25-15-14-23-11-8-18(9-12-23)6-7-21(26)22-20-10-13-24(17-20)16-19-4-2-1-3-5-19/h1-5,18,20,25H,6-17H2,(H,22,26). The summed E-state index contributed by atoms with van der Waals surface area (Å²) >= 11 is 0. The average molecular weight is 360 g/mol. The van der Waals surface area contributed by atoms with Gasteiger partial charge in [0.25, 0.3) is 0 Å². The second kappa shape index (κ2) is 10.0. The number of rotatable bonds is 8. The number of amides is 1. The summed E-state index contributed by atoms with van der Waals surface area (Å²) in [5.41, 5.74) is 1.34. The van der Waals surface area contributed by atoms with Gasteiger partial charge >= 0.3 is 0 Å². The summed E-state index contributed by atoms with van der Waals surface area (Å²) in [5.74, 6) is 0.878. The van der Waals surface area contributed by atoms with E-state index in [4.69, 9.17) is 5.11 Å². The Morgan fingerprint density at radius 2 is 1.81 bits per heavy atom. The first-order valence-corrected chi connectivity index (χ1v) is 10.1. The fourth-order valence-electron chi connectivity index (χ4n) is 4.21. The Morgan fingerprint density at radius 1 is 1.08 bits per heavy atom. The number of β-amino-alcohol motifs (C(OH)–C–C–N with tert-alkyl or cyclic N) is 1. The van der Waals surface area contributed by atoms with Gasteiger partial charge in [0, 0.05) is 38.6 Å². The second-order valence-corrected chi connectivity index (χ2v) is 7.82.